The van der Waals surface area contributed by atoms with Crippen LogP contribution in [-0.4, -0.2) is 17.8 Å². The molecule has 86 valence electrons. The van der Waals surface area contributed by atoms with Crippen LogP contribution in [0.5, 0.6) is 5.75 Å². The van der Waals surface area contributed by atoms with Crippen LogP contribution in [0, 0.1) is 15.9 Å². The van der Waals surface area contributed by atoms with E-state index in [4.69, 9.17) is 0 Å². The minimum Gasteiger partial charge on any atom is -0.434 e. The van der Waals surface area contributed by atoms with E-state index in [1.165, 1.54) is 0 Å². The lowest BCUT2D eigenvalue weighted by Crippen LogP contribution is -2.05. The second-order valence-corrected chi connectivity index (χ2v) is 2.59. The Labute approximate surface area is 86.6 Å². The first kappa shape index (κ1) is 12.0. The fourth-order valence-electron chi connectivity index (χ4n) is 0.990. The average Bonchev–Trinajstić information content (AvgIpc) is 2.16. The van der Waals surface area contributed by atoms with Gasteiger partial charge in [0, 0.05) is 12.1 Å². The largest absolute Gasteiger partial charge is 0.434 e. The molecule has 0 N–H and O–H groups in total. The molecule has 0 amide bonds. The maximum absolute atomic E-state index is 13.0. The number of halogens is 3. The summed E-state index contributed by atoms with van der Waals surface area (Å²) in [4.78, 5) is 19.6. The molecule has 0 saturated heterocycles. The number of benzene rings is 1. The Hall–Kier alpha value is -2.12. The van der Waals surface area contributed by atoms with Gasteiger partial charge in [0.05, 0.1) is 10.5 Å². The normalized spacial score (nSPS) is 10.2. The van der Waals surface area contributed by atoms with Crippen LogP contribution in [-0.2, 0) is 0 Å². The van der Waals surface area contributed by atoms with Gasteiger partial charge in [-0.2, -0.15) is 13.2 Å². The molecule has 5 nitrogen and oxygen atoms in total. The molecule has 0 aliphatic heterocycles. The third-order valence-corrected chi connectivity index (χ3v) is 1.62. The highest BCUT2D eigenvalue weighted by Gasteiger charge is 2.20. The zero-order valence-electron chi connectivity index (χ0n) is 7.52. The summed E-state index contributed by atoms with van der Waals surface area (Å²) in [5, 5.41) is 10.3. The first-order valence-electron chi connectivity index (χ1n) is 3.83. The zero-order valence-corrected chi connectivity index (χ0v) is 7.52. The Bertz CT molecular complexity index is 436. The number of nitrogens with zero attached hydrogens (tertiary/aromatic N) is 1. The Morgan fingerprint density at radius 3 is 2.50 bits per heavy atom. The van der Waals surface area contributed by atoms with Crippen LogP contribution in [0.4, 0.5) is 18.9 Å². The van der Waals surface area contributed by atoms with Crippen molar-refractivity contribution in [3.63, 3.8) is 0 Å². The molecular weight excluding hydrogens is 231 g/mol. The van der Waals surface area contributed by atoms with Gasteiger partial charge in [0.1, 0.15) is 5.75 Å². The van der Waals surface area contributed by atoms with Crippen molar-refractivity contribution in [3.05, 3.63) is 33.6 Å². The minimum absolute atomic E-state index is 0.0597. The number of ether oxygens (including phenoxy) is 1. The summed E-state index contributed by atoms with van der Waals surface area (Å²) >= 11 is 0. The molecule has 0 atom stereocenters. The molecule has 8 heteroatoms. The van der Waals surface area contributed by atoms with Gasteiger partial charge in [0.25, 0.3) is 0 Å². The van der Waals surface area contributed by atoms with Gasteiger partial charge in [-0.05, 0) is 0 Å². The van der Waals surface area contributed by atoms with Gasteiger partial charge < -0.3 is 4.74 Å². The maximum Gasteiger partial charge on any atom is 0.387 e. The van der Waals surface area contributed by atoms with E-state index in [0.29, 0.717) is 12.1 Å². The van der Waals surface area contributed by atoms with Crippen molar-refractivity contribution < 1.29 is 27.6 Å². The predicted molar refractivity (Wildman–Crippen MR) is 45.1 cm³/mol. The topological polar surface area (TPSA) is 69.4 Å². The van der Waals surface area contributed by atoms with Gasteiger partial charge in [-0.1, -0.05) is 0 Å². The van der Waals surface area contributed by atoms with Crippen molar-refractivity contribution in [1.82, 2.24) is 0 Å². The molecule has 0 bridgehead atoms. The smallest absolute Gasteiger partial charge is 0.387 e. The lowest BCUT2D eigenvalue weighted by molar-refractivity contribution is -0.387. The van der Waals surface area contributed by atoms with Gasteiger partial charge in [0.15, 0.2) is 6.29 Å². The highest BCUT2D eigenvalue weighted by Crippen LogP contribution is 2.27. The lowest BCUT2D eigenvalue weighted by Gasteiger charge is -2.06. The molecule has 1 aromatic carbocycles. The molecule has 0 heterocycles. The molecule has 0 radical (unpaired) electrons. The maximum atomic E-state index is 13.0. The number of hydrogen-bond acceptors (Lipinski definition) is 4. The number of rotatable bonds is 4. The molecule has 0 aromatic heterocycles. The van der Waals surface area contributed by atoms with Gasteiger partial charge in [-0.3, -0.25) is 14.9 Å². The number of aldehydes is 1. The molecule has 16 heavy (non-hydrogen) atoms. The van der Waals surface area contributed by atoms with Crippen LogP contribution in [0.25, 0.3) is 0 Å². The molecule has 0 aliphatic carbocycles. The van der Waals surface area contributed by atoms with E-state index in [1.54, 1.807) is 0 Å². The fraction of sp³-hybridized carbons (Fsp3) is 0.125. The van der Waals surface area contributed by atoms with E-state index in [2.05, 4.69) is 4.74 Å². The highest BCUT2D eigenvalue weighted by atomic mass is 19.3. The summed E-state index contributed by atoms with van der Waals surface area (Å²) < 4.78 is 40.5. The van der Waals surface area contributed by atoms with E-state index in [1.807, 2.05) is 0 Å². The molecule has 0 spiro atoms. The van der Waals surface area contributed by atoms with Crippen LogP contribution in [0.1, 0.15) is 10.4 Å². The average molecular weight is 235 g/mol. The van der Waals surface area contributed by atoms with E-state index >= 15 is 0 Å². The van der Waals surface area contributed by atoms with Crippen LogP contribution in [0.2, 0.25) is 0 Å². The van der Waals surface area contributed by atoms with Gasteiger partial charge in [0.2, 0.25) is 5.82 Å². The van der Waals surface area contributed by atoms with Crippen molar-refractivity contribution in [2.75, 3.05) is 0 Å². The number of nitro benzene ring substituents is 1. The first-order valence-corrected chi connectivity index (χ1v) is 3.83. The summed E-state index contributed by atoms with van der Waals surface area (Å²) in [7, 11) is 0. The molecule has 1 rings (SSSR count). The fourth-order valence-corrected chi connectivity index (χ4v) is 0.990. The number of carbonyl (C=O) groups excluding carboxylic acids is 1. The van der Waals surface area contributed by atoms with Crippen molar-refractivity contribution in [2.24, 2.45) is 0 Å². The van der Waals surface area contributed by atoms with E-state index in [9.17, 15) is 28.1 Å². The van der Waals surface area contributed by atoms with Crippen LogP contribution in [0.15, 0.2) is 12.1 Å². The van der Waals surface area contributed by atoms with Crippen molar-refractivity contribution in [1.29, 1.82) is 0 Å². The minimum atomic E-state index is -3.25. The van der Waals surface area contributed by atoms with Gasteiger partial charge in [-0.15, -0.1) is 0 Å². The zero-order chi connectivity index (χ0) is 12.3. The number of carbonyl (C=O) groups is 1. The third-order valence-electron chi connectivity index (χ3n) is 1.62. The first-order chi connectivity index (χ1) is 7.45. The Balaban J connectivity index is 3.26. The summed E-state index contributed by atoms with van der Waals surface area (Å²) in [5.74, 6) is -2.10. The molecule has 1 aromatic rings. The van der Waals surface area contributed by atoms with Gasteiger partial charge in [-0.25, -0.2) is 0 Å². The Morgan fingerprint density at radius 1 is 1.44 bits per heavy atom. The van der Waals surface area contributed by atoms with E-state index in [0.717, 1.165) is 0 Å². The molecule has 0 fully saturated rings. The second kappa shape index (κ2) is 4.60. The SMILES string of the molecule is O=Cc1cc([N+](=O)[O-])c(F)cc1OC(F)F. The standard InChI is InChI=1S/C8H4F3NO4/c9-5-2-7(16-8(10)11)4(3-13)1-6(5)12(14)15/h1-3,8H. The van der Waals surface area contributed by atoms with Crippen molar-refractivity contribution in [2.45, 2.75) is 6.61 Å². The lowest BCUT2D eigenvalue weighted by atomic mass is 10.2. The predicted octanol–water partition coefficient (Wildman–Crippen LogP) is 2.15. The number of nitro groups is 1. The van der Waals surface area contributed by atoms with Crippen molar-refractivity contribution in [3.8, 4) is 5.75 Å². The Morgan fingerprint density at radius 2 is 2.06 bits per heavy atom. The van der Waals surface area contributed by atoms with E-state index in [-0.39, 0.29) is 6.29 Å². The quantitative estimate of drug-likeness (QED) is 0.455. The number of alkyl halides is 2. The Kier molecular flexibility index (Phi) is 3.44. The monoisotopic (exact) mass is 235 g/mol. The highest BCUT2D eigenvalue weighted by molar-refractivity contribution is 5.80. The molecule has 0 saturated carbocycles. The van der Waals surface area contributed by atoms with Crippen LogP contribution in [0.3, 0.4) is 0 Å². The van der Waals surface area contributed by atoms with Crippen LogP contribution >= 0.6 is 0 Å². The summed E-state index contributed by atoms with van der Waals surface area (Å²) in [6.07, 6.45) is 0.0597. The summed E-state index contributed by atoms with van der Waals surface area (Å²) in [5.41, 5.74) is -1.50. The third kappa shape index (κ3) is 2.47. The number of hydrogen-bond donors (Lipinski definition) is 0. The summed E-state index contributed by atoms with van der Waals surface area (Å²) in [6, 6.07) is 0.897. The van der Waals surface area contributed by atoms with Crippen molar-refractivity contribution >= 4 is 12.0 Å². The molecular formula is C8H4F3NO4. The molecule has 0 unspecified atom stereocenters. The van der Waals surface area contributed by atoms with Crippen LogP contribution < -0.4 is 4.74 Å². The second-order valence-electron chi connectivity index (χ2n) is 2.59. The molecule has 0 aliphatic rings. The van der Waals surface area contributed by atoms with Gasteiger partial charge >= 0.3 is 12.3 Å². The summed E-state index contributed by atoms with van der Waals surface area (Å²) in [6.45, 7) is -3.25. The van der Waals surface area contributed by atoms with E-state index < -0.39 is 34.4 Å².